The van der Waals surface area contributed by atoms with Crippen molar-refractivity contribution in [2.75, 3.05) is 6.61 Å². The molecule has 7 nitrogen and oxygen atoms in total. The highest BCUT2D eigenvalue weighted by Crippen LogP contribution is 2.35. The van der Waals surface area contributed by atoms with Crippen LogP contribution in [0.15, 0.2) is 57.2 Å². The van der Waals surface area contributed by atoms with Crippen LogP contribution >= 0.6 is 11.3 Å². The average molecular weight is 342 g/mol. The summed E-state index contributed by atoms with van der Waals surface area (Å²) in [4.78, 5) is 20.4. The number of thiophene rings is 1. The second kappa shape index (κ2) is 7.05. The lowest BCUT2D eigenvalue weighted by Crippen LogP contribution is -2.03. The Kier molecular flexibility index (Phi) is 4.66. The summed E-state index contributed by atoms with van der Waals surface area (Å²) >= 11 is 1.53. The van der Waals surface area contributed by atoms with Gasteiger partial charge in [-0.1, -0.05) is 29.4 Å². The third-order valence-electron chi connectivity index (χ3n) is 3.19. The summed E-state index contributed by atoms with van der Waals surface area (Å²) in [6.45, 7) is 1.47. The number of benzene rings is 1. The lowest BCUT2D eigenvalue weighted by Gasteiger charge is -1.97. The molecule has 0 unspecified atom stereocenters. The second-order valence-electron chi connectivity index (χ2n) is 4.89. The van der Waals surface area contributed by atoms with Gasteiger partial charge in [-0.05, 0) is 24.4 Å². The topological polar surface area (TPSA) is 99.4 Å². The smallest absolute Gasteiger partial charge is 0.304 e. The van der Waals surface area contributed by atoms with E-state index in [-0.39, 0.29) is 18.2 Å². The van der Waals surface area contributed by atoms with Crippen LogP contribution in [0.5, 0.6) is 5.88 Å². The van der Waals surface area contributed by atoms with Crippen molar-refractivity contribution in [3.63, 3.8) is 0 Å². The summed E-state index contributed by atoms with van der Waals surface area (Å²) in [5.41, 5.74) is 1.62. The number of rotatable bonds is 5. The van der Waals surface area contributed by atoms with Gasteiger partial charge in [0.25, 0.3) is 0 Å². The first-order valence-electron chi connectivity index (χ1n) is 7.10. The van der Waals surface area contributed by atoms with Gasteiger partial charge in [0.15, 0.2) is 12.3 Å². The van der Waals surface area contributed by atoms with E-state index in [2.05, 4.69) is 20.4 Å². The van der Waals surface area contributed by atoms with Crippen LogP contribution in [0.2, 0.25) is 0 Å². The molecule has 1 aromatic carbocycles. The van der Waals surface area contributed by atoms with Crippen molar-refractivity contribution in [2.45, 2.75) is 6.92 Å². The van der Waals surface area contributed by atoms with Crippen molar-refractivity contribution in [1.29, 1.82) is 0 Å². The summed E-state index contributed by atoms with van der Waals surface area (Å²) in [6, 6.07) is 11.0. The Morgan fingerprint density at radius 1 is 1.29 bits per heavy atom. The number of aromatic hydroxyl groups is 1. The van der Waals surface area contributed by atoms with Crippen LogP contribution in [0.25, 0.3) is 10.9 Å². The number of aromatic nitrogens is 1. The molecule has 0 bridgehead atoms. The number of carbonyl (C=O) groups is 1. The minimum atomic E-state index is -0.595. The lowest BCUT2D eigenvalue weighted by molar-refractivity contribution is -0.122. The zero-order valence-corrected chi connectivity index (χ0v) is 13.6. The molecule has 24 heavy (non-hydrogen) atoms. The molecule has 0 spiro atoms. The number of aromatic amines is 1. The molecule has 2 N–H and O–H groups in total. The van der Waals surface area contributed by atoms with Gasteiger partial charge in [0.1, 0.15) is 0 Å². The van der Waals surface area contributed by atoms with Gasteiger partial charge in [-0.15, -0.1) is 21.6 Å². The van der Waals surface area contributed by atoms with E-state index in [0.717, 1.165) is 4.88 Å². The van der Waals surface area contributed by atoms with Gasteiger partial charge in [0, 0.05) is 5.39 Å². The molecular formula is C16H14N4O3S. The highest BCUT2D eigenvalue weighted by molar-refractivity contribution is 7.12. The fourth-order valence-corrected chi connectivity index (χ4v) is 2.73. The number of amides is 1. The van der Waals surface area contributed by atoms with Crippen molar-refractivity contribution in [3.05, 3.63) is 46.7 Å². The number of hydrogen-bond donors (Lipinski definition) is 2. The molecule has 2 heterocycles. The monoisotopic (exact) mass is 342 g/mol. The Hall–Kier alpha value is -3.00. The van der Waals surface area contributed by atoms with Crippen molar-refractivity contribution < 1.29 is 14.7 Å². The van der Waals surface area contributed by atoms with Gasteiger partial charge in [-0.2, -0.15) is 0 Å². The van der Waals surface area contributed by atoms with E-state index < -0.39 is 5.91 Å². The fourth-order valence-electron chi connectivity index (χ4n) is 2.06. The largest absolute Gasteiger partial charge is 0.493 e. The van der Waals surface area contributed by atoms with E-state index in [0.29, 0.717) is 16.6 Å². The van der Waals surface area contributed by atoms with Crippen molar-refractivity contribution in [3.8, 4) is 5.88 Å². The van der Waals surface area contributed by atoms with Gasteiger partial charge in [0.2, 0.25) is 5.88 Å². The molecule has 0 saturated carbocycles. The summed E-state index contributed by atoms with van der Waals surface area (Å²) in [6.07, 6.45) is 0. The predicted octanol–water partition coefficient (Wildman–Crippen LogP) is 3.99. The predicted molar refractivity (Wildman–Crippen MR) is 92.0 cm³/mol. The van der Waals surface area contributed by atoms with Gasteiger partial charge < -0.3 is 14.9 Å². The van der Waals surface area contributed by atoms with Crippen molar-refractivity contribution in [1.82, 2.24) is 4.98 Å². The van der Waals surface area contributed by atoms with Crippen LogP contribution in [0.1, 0.15) is 11.8 Å². The normalized spacial score (nSPS) is 12.1. The SMILES string of the molecule is C/C(=N/OCC(=O)N=Nc1c(O)[nH]c2ccccc12)c1cccs1. The van der Waals surface area contributed by atoms with E-state index in [9.17, 15) is 9.90 Å². The van der Waals surface area contributed by atoms with Crippen LogP contribution in [0.4, 0.5) is 5.69 Å². The number of fused-ring (bicyclic) bond motifs is 1. The molecule has 0 atom stereocenters. The zero-order valence-electron chi connectivity index (χ0n) is 12.8. The standard InChI is InChI=1S/C16H14N4O3S/c1-10(13-7-4-8-24-13)20-23-9-14(21)18-19-15-11-5-2-3-6-12(11)17-16(15)22/h2-8,17,22H,9H2,1H3/b19-18?,20-10-. The highest BCUT2D eigenvalue weighted by Gasteiger charge is 2.10. The van der Waals surface area contributed by atoms with E-state index in [1.807, 2.05) is 29.6 Å². The first-order chi connectivity index (χ1) is 11.6. The van der Waals surface area contributed by atoms with Crippen LogP contribution < -0.4 is 0 Å². The van der Waals surface area contributed by atoms with Gasteiger partial charge in [-0.25, -0.2) is 0 Å². The van der Waals surface area contributed by atoms with Crippen molar-refractivity contribution >= 4 is 39.5 Å². The molecule has 8 heteroatoms. The molecule has 2 aromatic heterocycles. The second-order valence-corrected chi connectivity index (χ2v) is 5.84. The van der Waals surface area contributed by atoms with Crippen LogP contribution in [0, 0.1) is 0 Å². The van der Waals surface area contributed by atoms with E-state index >= 15 is 0 Å². The lowest BCUT2D eigenvalue weighted by atomic mass is 10.2. The highest BCUT2D eigenvalue weighted by atomic mass is 32.1. The zero-order chi connectivity index (χ0) is 16.9. The average Bonchev–Trinajstić information content (AvgIpc) is 3.20. The Morgan fingerprint density at radius 2 is 2.12 bits per heavy atom. The number of carbonyl (C=O) groups excluding carboxylic acids is 1. The number of azo groups is 1. The molecule has 0 aliphatic rings. The number of nitrogens with one attached hydrogen (secondary N) is 1. The molecule has 0 radical (unpaired) electrons. The third kappa shape index (κ3) is 3.49. The molecule has 0 aliphatic heterocycles. The fraction of sp³-hybridized carbons (Fsp3) is 0.125. The first kappa shape index (κ1) is 15.9. The molecular weight excluding hydrogens is 328 g/mol. The Morgan fingerprint density at radius 3 is 2.92 bits per heavy atom. The van der Waals surface area contributed by atoms with Gasteiger partial charge in [0.05, 0.1) is 16.1 Å². The molecule has 0 saturated heterocycles. The number of hydrogen-bond acceptors (Lipinski definition) is 6. The maximum atomic E-state index is 11.7. The maximum absolute atomic E-state index is 11.7. The van der Waals surface area contributed by atoms with E-state index in [1.165, 1.54) is 11.3 Å². The minimum absolute atomic E-state index is 0.139. The third-order valence-corrected chi connectivity index (χ3v) is 4.17. The number of para-hydroxylation sites is 1. The Balaban J connectivity index is 1.63. The summed E-state index contributed by atoms with van der Waals surface area (Å²) in [5, 5.41) is 23.7. The molecule has 3 rings (SSSR count). The van der Waals surface area contributed by atoms with Gasteiger partial charge >= 0.3 is 5.91 Å². The number of oxime groups is 1. The van der Waals surface area contributed by atoms with Gasteiger partial charge in [-0.3, -0.25) is 4.79 Å². The van der Waals surface area contributed by atoms with E-state index in [1.54, 1.807) is 19.1 Å². The Bertz CT molecular complexity index is 913. The van der Waals surface area contributed by atoms with E-state index in [4.69, 9.17) is 4.84 Å². The maximum Gasteiger partial charge on any atom is 0.304 e. The molecule has 122 valence electrons. The van der Waals surface area contributed by atoms with Crippen LogP contribution in [-0.2, 0) is 9.63 Å². The molecule has 3 aromatic rings. The molecule has 0 aliphatic carbocycles. The van der Waals surface area contributed by atoms with Crippen LogP contribution in [-0.4, -0.2) is 28.3 Å². The Labute approximate surface area is 141 Å². The number of H-pyrrole nitrogens is 1. The molecule has 1 amide bonds. The molecule has 0 fully saturated rings. The first-order valence-corrected chi connectivity index (χ1v) is 7.98. The summed E-state index contributed by atoms with van der Waals surface area (Å²) in [7, 11) is 0. The number of nitrogens with zero attached hydrogens (tertiary/aromatic N) is 3. The van der Waals surface area contributed by atoms with Crippen molar-refractivity contribution in [2.24, 2.45) is 15.4 Å². The summed E-state index contributed by atoms with van der Waals surface area (Å²) < 4.78 is 0. The minimum Gasteiger partial charge on any atom is -0.493 e. The quantitative estimate of drug-likeness (QED) is 0.416. The summed E-state index contributed by atoms with van der Waals surface area (Å²) in [5.74, 6) is -0.734. The van der Waals surface area contributed by atoms with Crippen LogP contribution in [0.3, 0.4) is 0 Å².